The van der Waals surface area contributed by atoms with Gasteiger partial charge in [0.25, 0.3) is 0 Å². The minimum absolute atomic E-state index is 0.133. The lowest BCUT2D eigenvalue weighted by Crippen LogP contribution is -2.12. The smallest absolute Gasteiger partial charge is 0.160 e. The van der Waals surface area contributed by atoms with Gasteiger partial charge >= 0.3 is 0 Å². The third-order valence-corrected chi connectivity index (χ3v) is 4.05. The summed E-state index contributed by atoms with van der Waals surface area (Å²) in [6.07, 6.45) is 2.06. The lowest BCUT2D eigenvalue weighted by Gasteiger charge is -2.18. The van der Waals surface area contributed by atoms with E-state index >= 15 is 0 Å². The fourth-order valence-corrected chi connectivity index (χ4v) is 2.98. The number of hydrogen-bond acceptors (Lipinski definition) is 3. The molecule has 0 aromatic heterocycles. The Bertz CT molecular complexity index is 663. The summed E-state index contributed by atoms with van der Waals surface area (Å²) >= 11 is 1.52. The maximum Gasteiger partial charge on any atom is 0.160 e. The van der Waals surface area contributed by atoms with Crippen LogP contribution in [-0.2, 0) is 0 Å². The number of benzene rings is 2. The fraction of sp³-hybridized carbons (Fsp3) is 0.0625. The number of hydrogen-bond donors (Lipinski definition) is 1. The molecule has 1 atom stereocenters. The van der Waals surface area contributed by atoms with E-state index in [1.165, 1.54) is 29.5 Å². The molecule has 1 aliphatic heterocycles. The average Bonchev–Trinajstić information content (AvgIpc) is 2.48. The molecule has 0 fully saturated rings. The first-order valence-corrected chi connectivity index (χ1v) is 7.14. The Morgan fingerprint density at radius 3 is 2.40 bits per heavy atom. The van der Waals surface area contributed by atoms with Gasteiger partial charge in [0.1, 0.15) is 5.82 Å². The summed E-state index contributed by atoms with van der Waals surface area (Å²) in [5.41, 5.74) is 8.75. The highest BCUT2D eigenvalue weighted by atomic mass is 32.2. The second-order valence-corrected chi connectivity index (χ2v) is 5.62. The number of halogens is 1. The van der Waals surface area contributed by atoms with E-state index in [0.29, 0.717) is 5.17 Å². The normalized spacial score (nSPS) is 18.4. The van der Waals surface area contributed by atoms with Crippen LogP contribution in [0, 0.1) is 5.82 Å². The van der Waals surface area contributed by atoms with Crippen LogP contribution in [0.1, 0.15) is 16.4 Å². The van der Waals surface area contributed by atoms with Crippen LogP contribution in [0.25, 0.3) is 5.70 Å². The molecule has 0 bridgehead atoms. The Kier molecular flexibility index (Phi) is 3.56. The Morgan fingerprint density at radius 1 is 1.00 bits per heavy atom. The molecule has 1 heterocycles. The molecule has 0 spiro atoms. The van der Waals surface area contributed by atoms with E-state index in [9.17, 15) is 4.39 Å². The van der Waals surface area contributed by atoms with Gasteiger partial charge in [-0.25, -0.2) is 9.38 Å². The van der Waals surface area contributed by atoms with Gasteiger partial charge in [0.05, 0.1) is 10.9 Å². The monoisotopic (exact) mass is 284 g/mol. The Balaban J connectivity index is 1.97. The van der Waals surface area contributed by atoms with Crippen molar-refractivity contribution in [3.05, 3.63) is 77.6 Å². The van der Waals surface area contributed by atoms with Gasteiger partial charge in [0.2, 0.25) is 0 Å². The van der Waals surface area contributed by atoms with Crippen molar-refractivity contribution >= 4 is 22.6 Å². The third-order valence-electron chi connectivity index (χ3n) is 3.06. The SMILES string of the molecule is NC1=NC(c2ccc(F)cc2)=C[C@H](c2ccccc2)S1. The predicted octanol–water partition coefficient (Wildman–Crippen LogP) is 3.97. The summed E-state index contributed by atoms with van der Waals surface area (Å²) in [6.45, 7) is 0. The summed E-state index contributed by atoms with van der Waals surface area (Å²) in [5, 5.41) is 0.662. The van der Waals surface area contributed by atoms with Crippen LogP contribution < -0.4 is 5.73 Å². The number of aliphatic imine (C=N–C) groups is 1. The van der Waals surface area contributed by atoms with Crippen LogP contribution in [0.4, 0.5) is 4.39 Å². The maximum absolute atomic E-state index is 13.0. The highest BCUT2D eigenvalue weighted by Crippen LogP contribution is 2.37. The molecule has 2 aromatic carbocycles. The number of nitrogens with zero attached hydrogens (tertiary/aromatic N) is 1. The highest BCUT2D eigenvalue weighted by Gasteiger charge is 2.18. The first-order valence-electron chi connectivity index (χ1n) is 6.26. The van der Waals surface area contributed by atoms with Crippen molar-refractivity contribution in [3.8, 4) is 0 Å². The number of nitrogens with two attached hydrogens (primary N) is 1. The van der Waals surface area contributed by atoms with E-state index in [-0.39, 0.29) is 11.1 Å². The zero-order valence-electron chi connectivity index (χ0n) is 10.7. The lowest BCUT2D eigenvalue weighted by atomic mass is 10.1. The summed E-state index contributed by atoms with van der Waals surface area (Å²) in [4.78, 5) is 4.35. The van der Waals surface area contributed by atoms with Crippen molar-refractivity contribution in [2.45, 2.75) is 5.25 Å². The predicted molar refractivity (Wildman–Crippen MR) is 82.8 cm³/mol. The molecule has 4 heteroatoms. The van der Waals surface area contributed by atoms with Crippen LogP contribution >= 0.6 is 11.8 Å². The zero-order chi connectivity index (χ0) is 13.9. The minimum Gasteiger partial charge on any atom is -0.378 e. The van der Waals surface area contributed by atoms with Crippen molar-refractivity contribution in [1.29, 1.82) is 0 Å². The van der Waals surface area contributed by atoms with Gasteiger partial charge in [0, 0.05) is 5.56 Å². The van der Waals surface area contributed by atoms with Crippen molar-refractivity contribution in [2.24, 2.45) is 10.7 Å². The van der Waals surface area contributed by atoms with Crippen molar-refractivity contribution < 1.29 is 4.39 Å². The summed E-state index contributed by atoms with van der Waals surface area (Å²) in [5.74, 6) is -0.254. The van der Waals surface area contributed by atoms with E-state index in [4.69, 9.17) is 5.73 Å². The zero-order valence-corrected chi connectivity index (χ0v) is 11.5. The van der Waals surface area contributed by atoms with Crippen LogP contribution in [0.5, 0.6) is 0 Å². The molecular formula is C16H13FN2S. The molecule has 0 aliphatic carbocycles. The summed E-state index contributed by atoms with van der Waals surface area (Å²) in [7, 11) is 0. The van der Waals surface area contributed by atoms with E-state index in [1.807, 2.05) is 18.2 Å². The van der Waals surface area contributed by atoms with Crippen molar-refractivity contribution in [3.63, 3.8) is 0 Å². The molecular weight excluding hydrogens is 271 g/mol. The van der Waals surface area contributed by atoms with E-state index in [0.717, 1.165) is 11.3 Å². The van der Waals surface area contributed by atoms with Gasteiger partial charge in [-0.2, -0.15) is 0 Å². The number of thioether (sulfide) groups is 1. The van der Waals surface area contributed by atoms with Crippen molar-refractivity contribution in [1.82, 2.24) is 0 Å². The van der Waals surface area contributed by atoms with E-state index < -0.39 is 0 Å². The van der Waals surface area contributed by atoms with E-state index in [2.05, 4.69) is 23.2 Å². The Hall–Kier alpha value is -2.07. The Labute approximate surface area is 121 Å². The van der Waals surface area contributed by atoms with Gasteiger partial charge < -0.3 is 5.73 Å². The lowest BCUT2D eigenvalue weighted by molar-refractivity contribution is 0.627. The molecule has 0 radical (unpaired) electrons. The van der Waals surface area contributed by atoms with Gasteiger partial charge in [-0.05, 0) is 35.9 Å². The third kappa shape index (κ3) is 2.75. The molecule has 3 rings (SSSR count). The molecule has 2 nitrogen and oxygen atoms in total. The first kappa shape index (κ1) is 12.9. The molecule has 0 amide bonds. The molecule has 0 unspecified atom stereocenters. The van der Waals surface area contributed by atoms with E-state index in [1.54, 1.807) is 12.1 Å². The Morgan fingerprint density at radius 2 is 1.70 bits per heavy atom. The molecule has 1 aliphatic rings. The van der Waals surface area contributed by atoms with Gasteiger partial charge in [0.15, 0.2) is 5.17 Å². The van der Waals surface area contributed by atoms with Gasteiger partial charge in [-0.3, -0.25) is 0 Å². The average molecular weight is 284 g/mol. The molecule has 100 valence electrons. The maximum atomic E-state index is 13.0. The quantitative estimate of drug-likeness (QED) is 0.906. The fourth-order valence-electron chi connectivity index (χ4n) is 2.08. The number of rotatable bonds is 2. The van der Waals surface area contributed by atoms with Crippen LogP contribution in [0.3, 0.4) is 0 Å². The van der Waals surface area contributed by atoms with Crippen LogP contribution in [-0.4, -0.2) is 5.17 Å². The second-order valence-electron chi connectivity index (χ2n) is 4.46. The highest BCUT2D eigenvalue weighted by molar-refractivity contribution is 8.14. The molecule has 2 N–H and O–H groups in total. The molecule has 20 heavy (non-hydrogen) atoms. The topological polar surface area (TPSA) is 38.4 Å². The largest absolute Gasteiger partial charge is 0.378 e. The second kappa shape index (κ2) is 5.51. The summed E-state index contributed by atoms with van der Waals surface area (Å²) < 4.78 is 13.0. The van der Waals surface area contributed by atoms with Crippen LogP contribution in [0.2, 0.25) is 0 Å². The standard InChI is InChI=1S/C16H13FN2S/c17-13-8-6-11(7-9-13)14-10-15(20-16(18)19-14)12-4-2-1-3-5-12/h1-10,15H,(H2,18,19)/t15-/m1/s1. The number of amidine groups is 1. The molecule has 0 saturated carbocycles. The van der Waals surface area contributed by atoms with Gasteiger partial charge in [-0.15, -0.1) is 0 Å². The first-order chi connectivity index (χ1) is 9.72. The van der Waals surface area contributed by atoms with Gasteiger partial charge in [-0.1, -0.05) is 42.1 Å². The van der Waals surface area contributed by atoms with Crippen molar-refractivity contribution in [2.75, 3.05) is 0 Å². The molecule has 0 saturated heterocycles. The minimum atomic E-state index is -0.254. The summed E-state index contributed by atoms with van der Waals surface area (Å²) in [6, 6.07) is 16.4. The molecule has 2 aromatic rings. The van der Waals surface area contributed by atoms with Crippen LogP contribution in [0.15, 0.2) is 65.7 Å².